The van der Waals surface area contributed by atoms with Gasteiger partial charge in [0, 0.05) is 31.1 Å². The topological polar surface area (TPSA) is 30.5 Å². The first kappa shape index (κ1) is 15.2. The Hall–Kier alpha value is 0.230. The molecule has 3 nitrogen and oxygen atoms in total. The number of hydrogen-bond donors (Lipinski definition) is 1. The molecule has 4 heteroatoms. The zero-order valence-corrected chi connectivity index (χ0v) is 11.4. The monoisotopic (exact) mass is 235 g/mol. The van der Waals surface area contributed by atoms with Crippen molar-refractivity contribution in [3.63, 3.8) is 0 Å². The van der Waals surface area contributed by atoms with E-state index in [9.17, 15) is 0 Å². The van der Waals surface area contributed by atoms with Crippen LogP contribution in [0.1, 0.15) is 27.7 Å². The van der Waals surface area contributed by atoms with Crippen molar-refractivity contribution < 1.29 is 9.47 Å². The van der Waals surface area contributed by atoms with Crippen LogP contribution in [0.5, 0.6) is 0 Å². The fourth-order valence-corrected chi connectivity index (χ4v) is 1.35. The Kier molecular flexibility index (Phi) is 8.52. The summed E-state index contributed by atoms with van der Waals surface area (Å²) in [7, 11) is 0. The van der Waals surface area contributed by atoms with Crippen LogP contribution in [0.4, 0.5) is 0 Å². The van der Waals surface area contributed by atoms with Gasteiger partial charge in [0.25, 0.3) is 0 Å². The SMILES string of the molecule is CCOC(CNCC(C)(C)SC)OCC. The van der Waals surface area contributed by atoms with E-state index in [0.717, 1.165) is 13.1 Å². The van der Waals surface area contributed by atoms with Crippen LogP contribution in [0.2, 0.25) is 0 Å². The van der Waals surface area contributed by atoms with E-state index in [1.807, 2.05) is 25.6 Å². The molecule has 0 heterocycles. The van der Waals surface area contributed by atoms with Crippen molar-refractivity contribution in [1.82, 2.24) is 5.32 Å². The zero-order valence-electron chi connectivity index (χ0n) is 10.6. The highest BCUT2D eigenvalue weighted by molar-refractivity contribution is 7.99. The van der Waals surface area contributed by atoms with Crippen molar-refractivity contribution in [3.8, 4) is 0 Å². The lowest BCUT2D eigenvalue weighted by molar-refractivity contribution is -0.132. The number of nitrogens with one attached hydrogen (secondary N) is 1. The summed E-state index contributed by atoms with van der Waals surface area (Å²) in [6.07, 6.45) is 2.02. The van der Waals surface area contributed by atoms with Crippen LogP contribution in [0.15, 0.2) is 0 Å². The van der Waals surface area contributed by atoms with Crippen LogP contribution in [0.25, 0.3) is 0 Å². The highest BCUT2D eigenvalue weighted by Gasteiger charge is 2.16. The van der Waals surface area contributed by atoms with E-state index in [1.165, 1.54) is 0 Å². The Labute approximate surface area is 98.3 Å². The summed E-state index contributed by atoms with van der Waals surface area (Å²) in [5.74, 6) is 0. The lowest BCUT2D eigenvalue weighted by Crippen LogP contribution is -2.38. The molecule has 0 saturated heterocycles. The maximum atomic E-state index is 5.44. The van der Waals surface area contributed by atoms with Crippen LogP contribution in [0.3, 0.4) is 0 Å². The molecule has 0 radical (unpaired) electrons. The van der Waals surface area contributed by atoms with Gasteiger partial charge in [0.05, 0.1) is 0 Å². The van der Waals surface area contributed by atoms with E-state index < -0.39 is 0 Å². The zero-order chi connectivity index (χ0) is 11.7. The first-order chi connectivity index (χ1) is 7.05. The maximum absolute atomic E-state index is 5.44. The second kappa shape index (κ2) is 8.39. The normalized spacial score (nSPS) is 12.4. The minimum atomic E-state index is -0.113. The summed E-state index contributed by atoms with van der Waals surface area (Å²) < 4.78 is 11.1. The first-order valence-corrected chi connectivity index (χ1v) is 6.77. The largest absolute Gasteiger partial charge is 0.352 e. The van der Waals surface area contributed by atoms with Gasteiger partial charge in [-0.3, -0.25) is 0 Å². The Morgan fingerprint density at radius 2 is 1.73 bits per heavy atom. The summed E-state index contributed by atoms with van der Waals surface area (Å²) in [6.45, 7) is 11.5. The van der Waals surface area contributed by atoms with Gasteiger partial charge in [-0.1, -0.05) is 0 Å². The van der Waals surface area contributed by atoms with E-state index in [1.54, 1.807) is 0 Å². The van der Waals surface area contributed by atoms with Gasteiger partial charge in [0.15, 0.2) is 6.29 Å². The van der Waals surface area contributed by atoms with Gasteiger partial charge in [-0.15, -0.1) is 0 Å². The number of thioether (sulfide) groups is 1. The second-order valence-electron chi connectivity index (χ2n) is 3.93. The van der Waals surface area contributed by atoms with Crippen molar-refractivity contribution >= 4 is 11.8 Å². The van der Waals surface area contributed by atoms with Crippen LogP contribution in [0, 0.1) is 0 Å². The van der Waals surface area contributed by atoms with Gasteiger partial charge >= 0.3 is 0 Å². The molecule has 0 saturated carbocycles. The van der Waals surface area contributed by atoms with E-state index >= 15 is 0 Å². The standard InChI is InChI=1S/C11H25NO2S/c1-6-13-10(14-7-2)8-12-9-11(3,4)15-5/h10,12H,6-9H2,1-5H3. The minimum Gasteiger partial charge on any atom is -0.352 e. The molecule has 15 heavy (non-hydrogen) atoms. The van der Waals surface area contributed by atoms with Gasteiger partial charge in [0.1, 0.15) is 0 Å². The van der Waals surface area contributed by atoms with Gasteiger partial charge in [-0.25, -0.2) is 0 Å². The molecule has 0 atom stereocenters. The van der Waals surface area contributed by atoms with Gasteiger partial charge in [-0.2, -0.15) is 11.8 Å². The Morgan fingerprint density at radius 1 is 1.20 bits per heavy atom. The molecule has 0 aliphatic rings. The third-order valence-electron chi connectivity index (χ3n) is 2.12. The average Bonchev–Trinajstić information content (AvgIpc) is 2.18. The highest BCUT2D eigenvalue weighted by Crippen LogP contribution is 2.19. The minimum absolute atomic E-state index is 0.113. The van der Waals surface area contributed by atoms with Crippen LogP contribution >= 0.6 is 11.8 Å². The Bertz CT molecular complexity index is 148. The number of hydrogen-bond acceptors (Lipinski definition) is 4. The lowest BCUT2D eigenvalue weighted by Gasteiger charge is -2.24. The van der Waals surface area contributed by atoms with Gasteiger partial charge < -0.3 is 14.8 Å². The maximum Gasteiger partial charge on any atom is 0.169 e. The number of rotatable bonds is 9. The van der Waals surface area contributed by atoms with Gasteiger partial charge in [-0.05, 0) is 34.0 Å². The molecule has 92 valence electrons. The van der Waals surface area contributed by atoms with Crippen molar-refractivity contribution in [3.05, 3.63) is 0 Å². The molecule has 0 fully saturated rings. The predicted octanol–water partition coefficient (Wildman–Crippen LogP) is 2.12. The quantitative estimate of drug-likeness (QED) is 0.620. The van der Waals surface area contributed by atoms with Crippen molar-refractivity contribution in [2.45, 2.75) is 38.7 Å². The van der Waals surface area contributed by atoms with E-state index in [0.29, 0.717) is 13.2 Å². The third kappa shape index (κ3) is 8.08. The molecule has 0 aliphatic heterocycles. The molecule has 0 unspecified atom stereocenters. The van der Waals surface area contributed by atoms with Gasteiger partial charge in [0.2, 0.25) is 0 Å². The average molecular weight is 235 g/mol. The Balaban J connectivity index is 3.69. The van der Waals surface area contributed by atoms with Crippen molar-refractivity contribution in [1.29, 1.82) is 0 Å². The summed E-state index contributed by atoms with van der Waals surface area (Å²) in [5.41, 5.74) is 0. The third-order valence-corrected chi connectivity index (χ3v) is 3.37. The summed E-state index contributed by atoms with van der Waals surface area (Å²) >= 11 is 1.86. The molecule has 0 aromatic rings. The van der Waals surface area contributed by atoms with Crippen LogP contribution in [-0.4, -0.2) is 43.6 Å². The van der Waals surface area contributed by atoms with Crippen molar-refractivity contribution in [2.75, 3.05) is 32.6 Å². The highest BCUT2D eigenvalue weighted by atomic mass is 32.2. The lowest BCUT2D eigenvalue weighted by atomic mass is 10.2. The molecule has 0 aromatic carbocycles. The van der Waals surface area contributed by atoms with E-state index in [-0.39, 0.29) is 11.0 Å². The van der Waals surface area contributed by atoms with Crippen molar-refractivity contribution in [2.24, 2.45) is 0 Å². The van der Waals surface area contributed by atoms with Crippen LogP contribution in [-0.2, 0) is 9.47 Å². The van der Waals surface area contributed by atoms with E-state index in [4.69, 9.17) is 9.47 Å². The molecule has 1 N–H and O–H groups in total. The summed E-state index contributed by atoms with van der Waals surface area (Å²) in [5, 5.41) is 3.38. The molecule has 0 aromatic heterocycles. The molecule has 0 spiro atoms. The molecule has 0 aliphatic carbocycles. The first-order valence-electron chi connectivity index (χ1n) is 5.54. The molecule has 0 rings (SSSR count). The smallest absolute Gasteiger partial charge is 0.169 e. The van der Waals surface area contributed by atoms with Crippen LogP contribution < -0.4 is 5.32 Å². The number of ether oxygens (including phenoxy) is 2. The summed E-state index contributed by atoms with van der Waals surface area (Å²) in [6, 6.07) is 0. The molecule has 0 bridgehead atoms. The molecule has 0 amide bonds. The second-order valence-corrected chi connectivity index (χ2v) is 5.45. The molecular formula is C11H25NO2S. The predicted molar refractivity (Wildman–Crippen MR) is 67.5 cm³/mol. The van der Waals surface area contributed by atoms with E-state index in [2.05, 4.69) is 25.4 Å². The molecular weight excluding hydrogens is 210 g/mol. The summed E-state index contributed by atoms with van der Waals surface area (Å²) in [4.78, 5) is 0. The Morgan fingerprint density at radius 3 is 2.13 bits per heavy atom. The fourth-order valence-electron chi connectivity index (χ4n) is 1.10. The fraction of sp³-hybridized carbons (Fsp3) is 1.00.